The number of aromatic nitrogens is 3. The smallest absolute Gasteiger partial charge is 0.378 e. The first-order chi connectivity index (χ1) is 17.6. The zero-order valence-corrected chi connectivity index (χ0v) is 19.7. The topological polar surface area (TPSA) is 118 Å². The summed E-state index contributed by atoms with van der Waals surface area (Å²) < 4.78 is 45.5. The average molecular weight is 510 g/mol. The Morgan fingerprint density at radius 1 is 1.14 bits per heavy atom. The van der Waals surface area contributed by atoms with Crippen molar-refractivity contribution in [3.63, 3.8) is 0 Å². The van der Waals surface area contributed by atoms with Crippen LogP contribution >= 0.6 is 0 Å². The van der Waals surface area contributed by atoms with Gasteiger partial charge in [0.25, 0.3) is 5.91 Å². The summed E-state index contributed by atoms with van der Waals surface area (Å²) in [5.41, 5.74) is -1.37. The molecule has 0 saturated carbocycles. The number of rotatable bonds is 7. The zero-order chi connectivity index (χ0) is 26.6. The Labute approximate surface area is 211 Å². The van der Waals surface area contributed by atoms with Gasteiger partial charge >= 0.3 is 6.18 Å². The molecule has 13 heteroatoms. The summed E-state index contributed by atoms with van der Waals surface area (Å²) in [7, 11) is 5.51. The van der Waals surface area contributed by atoms with Gasteiger partial charge in [0.05, 0.1) is 47.0 Å². The van der Waals surface area contributed by atoms with Gasteiger partial charge < -0.3 is 20.7 Å². The van der Waals surface area contributed by atoms with Crippen LogP contribution in [0.25, 0.3) is 0 Å². The fraction of sp³-hybridized carbons (Fsp3) is 0.292. The van der Waals surface area contributed by atoms with E-state index in [1.54, 1.807) is 19.1 Å². The number of hydrogen-bond donors (Lipinski definition) is 3. The minimum absolute atomic E-state index is 0.00496. The molecule has 3 heterocycles. The van der Waals surface area contributed by atoms with Crippen LogP contribution in [0, 0.1) is 0 Å². The molecule has 2 atom stereocenters. The minimum atomic E-state index is -4.59. The predicted octanol–water partition coefficient (Wildman–Crippen LogP) is 2.19. The normalized spacial score (nSPS) is 18.2. The summed E-state index contributed by atoms with van der Waals surface area (Å²) in [6.45, 7) is 1.98. The number of carbonyl (C=O) groups is 2. The Morgan fingerprint density at radius 2 is 1.89 bits per heavy atom. The maximum Gasteiger partial charge on any atom is 0.418 e. The second-order valence-corrected chi connectivity index (χ2v) is 8.56. The Hall–Kier alpha value is -4.00. The van der Waals surface area contributed by atoms with E-state index in [0.29, 0.717) is 11.4 Å². The van der Waals surface area contributed by atoms with Crippen molar-refractivity contribution in [2.45, 2.75) is 31.1 Å². The first-order valence-electron chi connectivity index (χ1n) is 11.2. The highest BCUT2D eigenvalue weighted by Crippen LogP contribution is 2.35. The van der Waals surface area contributed by atoms with Crippen molar-refractivity contribution >= 4 is 36.5 Å². The first-order valence-corrected chi connectivity index (χ1v) is 11.2. The molecule has 1 saturated heterocycles. The summed E-state index contributed by atoms with van der Waals surface area (Å²) >= 11 is 0. The average Bonchev–Trinajstić information content (AvgIpc) is 3.35. The summed E-state index contributed by atoms with van der Waals surface area (Å²) in [5.74, 6) is -0.966. The molecule has 1 aliphatic heterocycles. The molecule has 1 fully saturated rings. The van der Waals surface area contributed by atoms with Crippen molar-refractivity contribution in [3.05, 3.63) is 72.1 Å². The van der Waals surface area contributed by atoms with Crippen LogP contribution in [0.4, 0.5) is 24.5 Å². The van der Waals surface area contributed by atoms with Crippen LogP contribution < -0.4 is 21.4 Å². The molecule has 37 heavy (non-hydrogen) atoms. The highest BCUT2D eigenvalue weighted by atomic mass is 19.4. The van der Waals surface area contributed by atoms with Crippen LogP contribution in [0.3, 0.4) is 0 Å². The lowest BCUT2D eigenvalue weighted by Crippen LogP contribution is -2.59. The number of halogens is 3. The Morgan fingerprint density at radius 3 is 2.51 bits per heavy atom. The molecule has 1 aromatic carbocycles. The Kier molecular flexibility index (Phi) is 7.44. The number of ether oxygens (including phenoxy) is 1. The number of anilines is 2. The number of pyridine rings is 1. The molecule has 190 valence electrons. The molecular formula is C24H22BF3N6O3. The molecule has 0 aliphatic carbocycles. The van der Waals surface area contributed by atoms with Crippen LogP contribution in [0.2, 0.25) is 0 Å². The molecule has 0 bridgehead atoms. The SMILES string of the molecule is [B]c1ccc(Nc2ccc([C@@H](C)NC(=O)[C@]3(NC(=O)c4cncnc4)CCOC3)nc2)c(C(F)(F)F)c1. The van der Waals surface area contributed by atoms with Crippen molar-refractivity contribution in [2.75, 3.05) is 18.5 Å². The lowest BCUT2D eigenvalue weighted by molar-refractivity contribution is -0.136. The maximum atomic E-state index is 13.4. The number of carbonyl (C=O) groups excluding carboxylic acids is 2. The van der Waals surface area contributed by atoms with E-state index in [-0.39, 0.29) is 36.3 Å². The number of alkyl halides is 3. The van der Waals surface area contributed by atoms with Crippen LogP contribution in [-0.4, -0.2) is 53.4 Å². The largest absolute Gasteiger partial charge is 0.418 e. The predicted molar refractivity (Wildman–Crippen MR) is 129 cm³/mol. The molecule has 2 aromatic heterocycles. The van der Waals surface area contributed by atoms with E-state index in [1.165, 1.54) is 37.1 Å². The number of nitrogens with one attached hydrogen (secondary N) is 3. The maximum absolute atomic E-state index is 13.4. The van der Waals surface area contributed by atoms with Crippen molar-refractivity contribution in [2.24, 2.45) is 0 Å². The van der Waals surface area contributed by atoms with Gasteiger partial charge in [-0.25, -0.2) is 9.97 Å². The fourth-order valence-electron chi connectivity index (χ4n) is 3.81. The lowest BCUT2D eigenvalue weighted by Gasteiger charge is -2.29. The van der Waals surface area contributed by atoms with Gasteiger partial charge in [0, 0.05) is 25.4 Å². The van der Waals surface area contributed by atoms with Crippen LogP contribution in [0.5, 0.6) is 0 Å². The van der Waals surface area contributed by atoms with E-state index < -0.39 is 35.1 Å². The van der Waals surface area contributed by atoms with Crippen molar-refractivity contribution < 1.29 is 27.5 Å². The monoisotopic (exact) mass is 510 g/mol. The lowest BCUT2D eigenvalue weighted by atomic mass is 9.93. The van der Waals surface area contributed by atoms with Gasteiger partial charge in [0.15, 0.2) is 0 Å². The van der Waals surface area contributed by atoms with E-state index in [4.69, 9.17) is 12.6 Å². The number of nitrogens with zero attached hydrogens (tertiary/aromatic N) is 3. The highest BCUT2D eigenvalue weighted by Gasteiger charge is 2.44. The molecule has 2 amide bonds. The van der Waals surface area contributed by atoms with Gasteiger partial charge in [-0.1, -0.05) is 17.6 Å². The van der Waals surface area contributed by atoms with Crippen LogP contribution in [-0.2, 0) is 15.7 Å². The van der Waals surface area contributed by atoms with Crippen LogP contribution in [0.1, 0.15) is 41.0 Å². The number of amides is 2. The van der Waals surface area contributed by atoms with Gasteiger partial charge in [-0.2, -0.15) is 13.2 Å². The standard InChI is InChI=1S/C24H22BF3N6O3/c1-14(32-22(36)23(6-7-37-12-23)34-21(35)15-9-29-13-30-10-15)19-5-3-17(11-31-19)33-20-4-2-16(25)8-18(20)24(26,27)28/h2-5,8-11,13-14,33H,6-7,12H2,1H3,(H,32,36)(H,34,35)/t14-,23+/m1/s1. The van der Waals surface area contributed by atoms with Gasteiger partial charge in [-0.15, -0.1) is 0 Å². The van der Waals surface area contributed by atoms with Crippen molar-refractivity contribution in [1.82, 2.24) is 25.6 Å². The summed E-state index contributed by atoms with van der Waals surface area (Å²) in [4.78, 5) is 37.7. The van der Waals surface area contributed by atoms with Crippen molar-refractivity contribution in [3.8, 4) is 0 Å². The molecule has 3 aromatic rings. The van der Waals surface area contributed by atoms with Crippen molar-refractivity contribution in [1.29, 1.82) is 0 Å². The van der Waals surface area contributed by atoms with Gasteiger partial charge in [0.1, 0.15) is 19.7 Å². The highest BCUT2D eigenvalue weighted by molar-refractivity contribution is 6.32. The van der Waals surface area contributed by atoms with E-state index in [0.717, 1.165) is 6.07 Å². The van der Waals surface area contributed by atoms with Gasteiger partial charge in [-0.3, -0.25) is 14.6 Å². The second-order valence-electron chi connectivity index (χ2n) is 8.56. The van der Waals surface area contributed by atoms with E-state index in [9.17, 15) is 22.8 Å². The van der Waals surface area contributed by atoms with E-state index >= 15 is 0 Å². The number of benzene rings is 1. The summed E-state index contributed by atoms with van der Waals surface area (Å²) in [6.07, 6.45) is 1.01. The van der Waals surface area contributed by atoms with E-state index in [1.807, 2.05) is 0 Å². The van der Waals surface area contributed by atoms with Gasteiger partial charge in [0.2, 0.25) is 5.91 Å². The molecule has 0 unspecified atom stereocenters. The third-order valence-corrected chi connectivity index (χ3v) is 5.84. The molecule has 1 aliphatic rings. The fourth-order valence-corrected chi connectivity index (χ4v) is 3.81. The minimum Gasteiger partial charge on any atom is -0.378 e. The third kappa shape index (κ3) is 6.05. The first kappa shape index (κ1) is 26.1. The summed E-state index contributed by atoms with van der Waals surface area (Å²) in [6, 6.07) is 6.02. The number of hydrogen-bond acceptors (Lipinski definition) is 7. The second kappa shape index (κ2) is 10.5. The molecular weight excluding hydrogens is 488 g/mol. The molecule has 2 radical (unpaired) electrons. The molecule has 9 nitrogen and oxygen atoms in total. The summed E-state index contributed by atoms with van der Waals surface area (Å²) in [5, 5.41) is 8.27. The molecule has 3 N–H and O–H groups in total. The zero-order valence-electron chi connectivity index (χ0n) is 19.7. The van der Waals surface area contributed by atoms with Gasteiger partial charge in [-0.05, 0) is 25.1 Å². The van der Waals surface area contributed by atoms with Crippen LogP contribution in [0.15, 0.2) is 55.2 Å². The molecule has 4 rings (SSSR count). The quantitative estimate of drug-likeness (QED) is 0.417. The third-order valence-electron chi connectivity index (χ3n) is 5.84. The Balaban J connectivity index is 1.44. The molecule has 0 spiro atoms. The Bertz CT molecular complexity index is 1270. The van der Waals surface area contributed by atoms with E-state index in [2.05, 4.69) is 30.9 Å².